The van der Waals surface area contributed by atoms with E-state index in [9.17, 15) is 8.42 Å². The van der Waals surface area contributed by atoms with Gasteiger partial charge in [0.15, 0.2) is 9.84 Å². The Balaban J connectivity index is 1.98. The summed E-state index contributed by atoms with van der Waals surface area (Å²) in [6.07, 6.45) is 5.61. The van der Waals surface area contributed by atoms with Crippen LogP contribution in [-0.2, 0) is 14.6 Å². The number of sulfone groups is 1. The van der Waals surface area contributed by atoms with Gasteiger partial charge in [0.1, 0.15) is 0 Å². The van der Waals surface area contributed by atoms with Crippen LogP contribution in [0.4, 0.5) is 0 Å². The van der Waals surface area contributed by atoms with Crippen molar-refractivity contribution >= 4 is 9.84 Å². The Morgan fingerprint density at radius 2 is 1.91 bits per heavy atom. The van der Waals surface area contributed by atoms with Crippen LogP contribution in [0.3, 0.4) is 0 Å². The minimum Gasteiger partial charge on any atom is -0.378 e. The minimum absolute atomic E-state index is 0.248. The average molecular weight is 332 g/mol. The molecule has 5 heteroatoms. The molecule has 4 nitrogen and oxygen atoms in total. The van der Waals surface area contributed by atoms with Gasteiger partial charge in [-0.2, -0.15) is 0 Å². The molecule has 0 aromatic carbocycles. The summed E-state index contributed by atoms with van der Waals surface area (Å²) in [6, 6.07) is 0.531. The molecule has 1 heterocycles. The normalized spacial score (nSPS) is 33.6. The molecule has 0 aromatic rings. The van der Waals surface area contributed by atoms with E-state index in [4.69, 9.17) is 4.74 Å². The van der Waals surface area contributed by atoms with Crippen molar-refractivity contribution in [1.29, 1.82) is 0 Å². The van der Waals surface area contributed by atoms with Crippen molar-refractivity contribution in [2.75, 3.05) is 31.7 Å². The predicted molar refractivity (Wildman–Crippen MR) is 90.8 cm³/mol. The molecule has 1 saturated carbocycles. The van der Waals surface area contributed by atoms with E-state index in [1.165, 1.54) is 0 Å². The van der Waals surface area contributed by atoms with E-state index in [0.717, 1.165) is 45.3 Å². The lowest BCUT2D eigenvalue weighted by Gasteiger charge is -2.58. The van der Waals surface area contributed by atoms with Crippen molar-refractivity contribution in [2.24, 2.45) is 11.3 Å². The zero-order valence-corrected chi connectivity index (χ0v) is 15.5. The molecule has 3 atom stereocenters. The lowest BCUT2D eigenvalue weighted by atomic mass is 9.58. The van der Waals surface area contributed by atoms with Gasteiger partial charge in [0.25, 0.3) is 0 Å². The Bertz CT molecular complexity index is 459. The van der Waals surface area contributed by atoms with E-state index in [1.807, 2.05) is 0 Å². The van der Waals surface area contributed by atoms with Gasteiger partial charge < -0.3 is 9.64 Å². The Hall–Kier alpha value is -0.130. The maximum absolute atomic E-state index is 11.8. The fourth-order valence-corrected chi connectivity index (χ4v) is 6.52. The molecular formula is C17H33NO3S. The van der Waals surface area contributed by atoms with Gasteiger partial charge in [-0.15, -0.1) is 0 Å². The van der Waals surface area contributed by atoms with Crippen molar-refractivity contribution in [3.63, 3.8) is 0 Å². The van der Waals surface area contributed by atoms with Gasteiger partial charge in [0, 0.05) is 24.6 Å². The summed E-state index contributed by atoms with van der Waals surface area (Å²) in [5.41, 5.74) is 0.248. The van der Waals surface area contributed by atoms with E-state index >= 15 is 0 Å². The lowest BCUT2D eigenvalue weighted by Crippen LogP contribution is -2.64. The molecule has 2 rings (SSSR count). The first kappa shape index (κ1) is 18.2. The van der Waals surface area contributed by atoms with Crippen LogP contribution < -0.4 is 0 Å². The predicted octanol–water partition coefficient (Wildman–Crippen LogP) is 2.73. The van der Waals surface area contributed by atoms with Gasteiger partial charge in [-0.1, -0.05) is 13.8 Å². The van der Waals surface area contributed by atoms with Gasteiger partial charge in [-0.05, 0) is 52.0 Å². The zero-order valence-electron chi connectivity index (χ0n) is 14.7. The first-order chi connectivity index (χ1) is 10.4. The first-order valence-corrected chi connectivity index (χ1v) is 10.7. The van der Waals surface area contributed by atoms with E-state index in [1.54, 1.807) is 0 Å². The molecule has 2 fully saturated rings. The van der Waals surface area contributed by atoms with Crippen molar-refractivity contribution in [2.45, 2.75) is 65.0 Å². The summed E-state index contributed by atoms with van der Waals surface area (Å²) in [7, 11) is -0.628. The fraction of sp³-hybridized carbons (Fsp3) is 1.00. The smallest absolute Gasteiger partial charge is 0.150 e. The summed E-state index contributed by atoms with van der Waals surface area (Å²) in [5.74, 6) is 1.07. The lowest BCUT2D eigenvalue weighted by molar-refractivity contribution is -0.168. The second kappa shape index (κ2) is 7.18. The van der Waals surface area contributed by atoms with Crippen LogP contribution in [0.1, 0.15) is 52.9 Å². The third-order valence-electron chi connectivity index (χ3n) is 6.06. The average Bonchev–Trinajstić information content (AvgIpc) is 2.43. The molecular weight excluding hydrogens is 298 g/mol. The molecule has 22 heavy (non-hydrogen) atoms. The van der Waals surface area contributed by atoms with Crippen molar-refractivity contribution < 1.29 is 13.2 Å². The first-order valence-electron chi connectivity index (χ1n) is 8.90. The van der Waals surface area contributed by atoms with Crippen molar-refractivity contribution in [3.05, 3.63) is 0 Å². The third kappa shape index (κ3) is 3.51. The fourth-order valence-electron chi connectivity index (χ4n) is 4.75. The van der Waals surface area contributed by atoms with Gasteiger partial charge >= 0.3 is 0 Å². The second-order valence-corrected chi connectivity index (χ2v) is 9.43. The van der Waals surface area contributed by atoms with Crippen LogP contribution in [0, 0.1) is 11.3 Å². The highest BCUT2D eigenvalue weighted by atomic mass is 32.2. The summed E-state index contributed by atoms with van der Waals surface area (Å²) in [5, 5.41) is 0. The summed E-state index contributed by atoms with van der Waals surface area (Å²) in [6.45, 7) is 8.29. The van der Waals surface area contributed by atoms with E-state index in [-0.39, 0.29) is 5.41 Å². The largest absolute Gasteiger partial charge is 0.378 e. The molecule has 0 spiro atoms. The van der Waals surface area contributed by atoms with E-state index in [0.29, 0.717) is 29.6 Å². The van der Waals surface area contributed by atoms with Crippen LogP contribution in [0.5, 0.6) is 0 Å². The molecule has 0 bridgehead atoms. The Kier molecular flexibility index (Phi) is 5.95. The van der Waals surface area contributed by atoms with Crippen LogP contribution >= 0.6 is 0 Å². The number of nitrogens with zero attached hydrogens (tertiary/aromatic N) is 1. The van der Waals surface area contributed by atoms with Crippen molar-refractivity contribution in [3.8, 4) is 0 Å². The highest BCUT2D eigenvalue weighted by Crippen LogP contribution is 2.51. The number of ether oxygens (including phenoxy) is 1. The summed E-state index contributed by atoms with van der Waals surface area (Å²) in [4.78, 5) is 2.42. The SMILES string of the molecule is CCO[C@@H]1C[C@H](N(C)C[C@H]2CCCS(=O)(=O)C2)C1(CC)CC. The van der Waals surface area contributed by atoms with Gasteiger partial charge in [0.2, 0.25) is 0 Å². The highest BCUT2D eigenvalue weighted by Gasteiger charge is 2.54. The van der Waals surface area contributed by atoms with Crippen LogP contribution in [-0.4, -0.2) is 57.2 Å². The number of hydrogen-bond acceptors (Lipinski definition) is 4. The van der Waals surface area contributed by atoms with Crippen molar-refractivity contribution in [1.82, 2.24) is 4.90 Å². The van der Waals surface area contributed by atoms with Crippen LogP contribution in [0.2, 0.25) is 0 Å². The molecule has 130 valence electrons. The maximum atomic E-state index is 11.8. The Morgan fingerprint density at radius 1 is 1.23 bits per heavy atom. The molecule has 0 radical (unpaired) electrons. The monoisotopic (exact) mass is 331 g/mol. The molecule has 1 saturated heterocycles. The summed E-state index contributed by atoms with van der Waals surface area (Å²) >= 11 is 0. The molecule has 1 aliphatic heterocycles. The second-order valence-electron chi connectivity index (χ2n) is 7.20. The molecule has 0 N–H and O–H groups in total. The van der Waals surface area contributed by atoms with Gasteiger partial charge in [-0.25, -0.2) is 8.42 Å². The minimum atomic E-state index is -2.80. The van der Waals surface area contributed by atoms with Gasteiger partial charge in [-0.3, -0.25) is 0 Å². The molecule has 0 amide bonds. The van der Waals surface area contributed by atoms with Gasteiger partial charge in [0.05, 0.1) is 17.6 Å². The zero-order chi connectivity index (χ0) is 16.4. The maximum Gasteiger partial charge on any atom is 0.150 e. The molecule has 0 aromatic heterocycles. The number of rotatable bonds is 7. The van der Waals surface area contributed by atoms with Crippen LogP contribution in [0.15, 0.2) is 0 Å². The quantitative estimate of drug-likeness (QED) is 0.720. The van der Waals surface area contributed by atoms with E-state index in [2.05, 4.69) is 32.7 Å². The Morgan fingerprint density at radius 3 is 2.45 bits per heavy atom. The number of hydrogen-bond donors (Lipinski definition) is 0. The molecule has 2 aliphatic rings. The summed E-state index contributed by atoms with van der Waals surface area (Å²) < 4.78 is 29.6. The standard InChI is InChI=1S/C17H33NO3S/c1-5-17(6-2)15(11-16(17)21-7-3)18(4)12-14-9-8-10-22(19,20)13-14/h14-16H,5-13H2,1-4H3/t14-,15+,16-/m1/s1. The topological polar surface area (TPSA) is 46.6 Å². The highest BCUT2D eigenvalue weighted by molar-refractivity contribution is 7.91. The molecule has 1 aliphatic carbocycles. The van der Waals surface area contributed by atoms with E-state index < -0.39 is 9.84 Å². The Labute approximate surface area is 136 Å². The van der Waals surface area contributed by atoms with Crippen LogP contribution in [0.25, 0.3) is 0 Å². The molecule has 0 unspecified atom stereocenters. The third-order valence-corrected chi connectivity index (χ3v) is 7.95.